The van der Waals surface area contributed by atoms with Crippen LogP contribution in [0.1, 0.15) is 41.3 Å². The van der Waals surface area contributed by atoms with Crippen molar-refractivity contribution in [1.29, 1.82) is 0 Å². The van der Waals surface area contributed by atoms with Crippen molar-refractivity contribution < 1.29 is 9.53 Å². The van der Waals surface area contributed by atoms with Gasteiger partial charge in [0.2, 0.25) is 5.82 Å². The molecule has 22 heavy (non-hydrogen) atoms. The lowest BCUT2D eigenvalue weighted by Crippen LogP contribution is -2.37. The topological polar surface area (TPSA) is 72.6 Å². The maximum atomic E-state index is 12.5. The van der Waals surface area contributed by atoms with Gasteiger partial charge in [-0.1, -0.05) is 0 Å². The minimum atomic E-state index is -0.197. The van der Waals surface area contributed by atoms with Gasteiger partial charge in [-0.25, -0.2) is 9.50 Å². The average Bonchev–Trinajstić information content (AvgIpc) is 2.91. The summed E-state index contributed by atoms with van der Waals surface area (Å²) in [7, 11) is 1.76. The highest BCUT2D eigenvalue weighted by Gasteiger charge is 2.23. The first-order valence-corrected chi connectivity index (χ1v) is 7.62. The Hall–Kier alpha value is -2.02. The number of hydrogen-bond donors (Lipinski definition) is 0. The average molecular weight is 303 g/mol. The second-order valence-electron chi connectivity index (χ2n) is 5.86. The maximum Gasteiger partial charge on any atom is 0.293 e. The summed E-state index contributed by atoms with van der Waals surface area (Å²) in [4.78, 5) is 22.7. The summed E-state index contributed by atoms with van der Waals surface area (Å²) < 4.78 is 7.28. The Morgan fingerprint density at radius 3 is 2.95 bits per heavy atom. The van der Waals surface area contributed by atoms with E-state index in [1.807, 2.05) is 19.9 Å². The Morgan fingerprint density at radius 1 is 1.41 bits per heavy atom. The zero-order valence-electron chi connectivity index (χ0n) is 13.2. The summed E-state index contributed by atoms with van der Waals surface area (Å²) in [5.41, 5.74) is 1.77. The maximum absolute atomic E-state index is 12.5. The molecule has 1 fully saturated rings. The third-order valence-corrected chi connectivity index (χ3v) is 3.91. The van der Waals surface area contributed by atoms with Gasteiger partial charge in [-0.05, 0) is 39.2 Å². The number of rotatable bonds is 3. The van der Waals surface area contributed by atoms with Gasteiger partial charge in [0.05, 0.1) is 6.10 Å². The summed E-state index contributed by atoms with van der Waals surface area (Å²) >= 11 is 0. The van der Waals surface area contributed by atoms with Crippen LogP contribution in [0.2, 0.25) is 0 Å². The molecule has 7 nitrogen and oxygen atoms in total. The van der Waals surface area contributed by atoms with Gasteiger partial charge in [0.25, 0.3) is 11.7 Å². The van der Waals surface area contributed by atoms with Gasteiger partial charge in [-0.3, -0.25) is 4.79 Å². The predicted molar refractivity (Wildman–Crippen MR) is 80.8 cm³/mol. The number of ether oxygens (including phenoxy) is 1. The van der Waals surface area contributed by atoms with E-state index in [1.54, 1.807) is 16.5 Å². The van der Waals surface area contributed by atoms with Crippen LogP contribution in [-0.4, -0.2) is 56.7 Å². The van der Waals surface area contributed by atoms with Gasteiger partial charge in [0.15, 0.2) is 0 Å². The molecule has 118 valence electrons. The summed E-state index contributed by atoms with van der Waals surface area (Å²) in [5.74, 6) is 0.444. The van der Waals surface area contributed by atoms with Crippen molar-refractivity contribution in [2.24, 2.45) is 0 Å². The Bertz CT molecular complexity index is 691. The first-order valence-electron chi connectivity index (χ1n) is 7.62. The van der Waals surface area contributed by atoms with Crippen LogP contribution in [0.3, 0.4) is 0 Å². The molecular formula is C15H21N5O2. The summed E-state index contributed by atoms with van der Waals surface area (Å²) in [6, 6.07) is 1.91. The van der Waals surface area contributed by atoms with Crippen LogP contribution in [0.15, 0.2) is 6.07 Å². The number of aryl methyl sites for hydroxylation is 2. The molecule has 1 atom stereocenters. The molecule has 1 saturated heterocycles. The molecule has 1 aliphatic rings. The van der Waals surface area contributed by atoms with Gasteiger partial charge < -0.3 is 9.64 Å². The Kier molecular flexibility index (Phi) is 4.06. The molecule has 0 N–H and O–H groups in total. The SMILES string of the molecule is Cc1cc(C)n2nc(C(=O)N(C)C[C@H]3CCCCO3)nc2n1. The van der Waals surface area contributed by atoms with Crippen LogP contribution in [0.5, 0.6) is 0 Å². The van der Waals surface area contributed by atoms with Crippen LogP contribution >= 0.6 is 0 Å². The van der Waals surface area contributed by atoms with E-state index in [4.69, 9.17) is 4.74 Å². The molecule has 0 radical (unpaired) electrons. The van der Waals surface area contributed by atoms with E-state index in [0.29, 0.717) is 12.3 Å². The van der Waals surface area contributed by atoms with Crippen molar-refractivity contribution in [2.45, 2.75) is 39.2 Å². The second-order valence-corrected chi connectivity index (χ2v) is 5.86. The Morgan fingerprint density at radius 2 is 2.23 bits per heavy atom. The monoisotopic (exact) mass is 303 g/mol. The molecular weight excluding hydrogens is 282 g/mol. The van der Waals surface area contributed by atoms with Gasteiger partial charge in [-0.2, -0.15) is 4.98 Å². The van der Waals surface area contributed by atoms with E-state index >= 15 is 0 Å². The predicted octanol–water partition coefficient (Wildman–Crippen LogP) is 1.38. The summed E-state index contributed by atoms with van der Waals surface area (Å²) in [6.45, 7) is 5.17. The molecule has 0 aromatic carbocycles. The number of likely N-dealkylation sites (N-methyl/N-ethyl adjacent to an activating group) is 1. The number of nitrogens with zero attached hydrogens (tertiary/aromatic N) is 5. The highest BCUT2D eigenvalue weighted by Crippen LogP contribution is 2.14. The standard InChI is InChI=1S/C15H21N5O2/c1-10-8-11(2)20-15(16-10)17-13(18-20)14(21)19(3)9-12-6-4-5-7-22-12/h8,12H,4-7,9H2,1-3H3/t12-/m1/s1. The van der Waals surface area contributed by atoms with Crippen molar-refractivity contribution in [3.8, 4) is 0 Å². The van der Waals surface area contributed by atoms with Crippen molar-refractivity contribution >= 4 is 11.7 Å². The zero-order valence-corrected chi connectivity index (χ0v) is 13.2. The third kappa shape index (κ3) is 2.94. The molecule has 3 rings (SSSR count). The number of carbonyl (C=O) groups excluding carboxylic acids is 1. The fourth-order valence-electron chi connectivity index (χ4n) is 2.77. The van der Waals surface area contributed by atoms with Crippen LogP contribution in [0.4, 0.5) is 0 Å². The van der Waals surface area contributed by atoms with Crippen LogP contribution < -0.4 is 0 Å². The fraction of sp³-hybridized carbons (Fsp3) is 0.600. The van der Waals surface area contributed by atoms with E-state index in [1.165, 1.54) is 0 Å². The molecule has 0 aliphatic carbocycles. The van der Waals surface area contributed by atoms with Gasteiger partial charge in [-0.15, -0.1) is 5.10 Å². The van der Waals surface area contributed by atoms with Crippen LogP contribution in [0.25, 0.3) is 5.78 Å². The highest BCUT2D eigenvalue weighted by molar-refractivity contribution is 5.90. The van der Waals surface area contributed by atoms with E-state index in [0.717, 1.165) is 37.3 Å². The molecule has 2 aromatic heterocycles. The molecule has 2 aromatic rings. The number of hydrogen-bond acceptors (Lipinski definition) is 5. The number of amides is 1. The van der Waals surface area contributed by atoms with E-state index in [2.05, 4.69) is 15.1 Å². The van der Waals surface area contributed by atoms with Gasteiger partial charge >= 0.3 is 0 Å². The van der Waals surface area contributed by atoms with E-state index < -0.39 is 0 Å². The lowest BCUT2D eigenvalue weighted by molar-refractivity contribution is -0.000396. The molecule has 1 aliphatic heterocycles. The minimum Gasteiger partial charge on any atom is -0.376 e. The Balaban J connectivity index is 1.77. The van der Waals surface area contributed by atoms with Gasteiger partial charge in [0.1, 0.15) is 0 Å². The quantitative estimate of drug-likeness (QED) is 0.856. The number of carbonyl (C=O) groups is 1. The molecule has 0 saturated carbocycles. The molecule has 0 spiro atoms. The summed E-state index contributed by atoms with van der Waals surface area (Å²) in [5, 5.41) is 4.28. The first-order chi connectivity index (χ1) is 10.5. The number of fused-ring (bicyclic) bond motifs is 1. The second kappa shape index (κ2) is 6.00. The molecule has 7 heteroatoms. The molecule has 0 unspecified atom stereocenters. The third-order valence-electron chi connectivity index (χ3n) is 3.91. The van der Waals surface area contributed by atoms with E-state index in [-0.39, 0.29) is 17.8 Å². The molecule has 0 bridgehead atoms. The van der Waals surface area contributed by atoms with E-state index in [9.17, 15) is 4.79 Å². The fourth-order valence-corrected chi connectivity index (χ4v) is 2.77. The Labute approximate surface area is 129 Å². The smallest absolute Gasteiger partial charge is 0.293 e. The van der Waals surface area contributed by atoms with Crippen LogP contribution in [-0.2, 0) is 4.74 Å². The molecule has 1 amide bonds. The highest BCUT2D eigenvalue weighted by atomic mass is 16.5. The van der Waals surface area contributed by atoms with Crippen molar-refractivity contribution in [3.05, 3.63) is 23.3 Å². The first kappa shape index (κ1) is 14.9. The lowest BCUT2D eigenvalue weighted by atomic mass is 10.1. The normalized spacial score (nSPS) is 18.6. The van der Waals surface area contributed by atoms with Crippen molar-refractivity contribution in [3.63, 3.8) is 0 Å². The summed E-state index contributed by atoms with van der Waals surface area (Å²) in [6.07, 6.45) is 3.37. The minimum absolute atomic E-state index is 0.113. The largest absolute Gasteiger partial charge is 0.376 e. The zero-order chi connectivity index (χ0) is 15.7. The van der Waals surface area contributed by atoms with Crippen molar-refractivity contribution in [2.75, 3.05) is 20.2 Å². The van der Waals surface area contributed by atoms with Crippen LogP contribution in [0, 0.1) is 13.8 Å². The molecule has 3 heterocycles. The lowest BCUT2D eigenvalue weighted by Gasteiger charge is -2.26. The van der Waals surface area contributed by atoms with Crippen molar-refractivity contribution in [1.82, 2.24) is 24.5 Å². The number of aromatic nitrogens is 4. The van der Waals surface area contributed by atoms with Gasteiger partial charge in [0, 0.05) is 31.6 Å².